The molecule has 53 heavy (non-hydrogen) atoms. The number of nitrogens with zero attached hydrogens (tertiary/aromatic N) is 6. The van der Waals surface area contributed by atoms with E-state index in [1.54, 1.807) is 16.0 Å². The van der Waals surface area contributed by atoms with Crippen LogP contribution in [0.5, 0.6) is 0 Å². The minimum Gasteiger partial charge on any atom is -0.365 e. The molecular weight excluding hydrogens is 675 g/mol. The van der Waals surface area contributed by atoms with Crippen molar-refractivity contribution >= 4 is 29.4 Å². The Kier molecular flexibility index (Phi) is 11.7. The Bertz CT molecular complexity index is 1620. The van der Waals surface area contributed by atoms with Gasteiger partial charge in [0.25, 0.3) is 11.8 Å². The maximum atomic E-state index is 12.8. The Morgan fingerprint density at radius 2 is 1.19 bits per heavy atom. The van der Waals surface area contributed by atoms with E-state index in [1.165, 1.54) is 44.0 Å². The number of carbonyl (C=O) groups excluding carboxylic acids is 4. The second kappa shape index (κ2) is 16.1. The first-order valence-electron chi connectivity index (χ1n) is 19.5. The summed E-state index contributed by atoms with van der Waals surface area (Å²) in [6, 6.07) is 6.59. The Labute approximate surface area is 313 Å². The minimum absolute atomic E-state index is 0.00803. The van der Waals surface area contributed by atoms with E-state index in [4.69, 9.17) is 5.73 Å². The van der Waals surface area contributed by atoms with Crippen LogP contribution in [0.4, 0.5) is 10.2 Å². The number of hydrogen-bond donors (Lipinski definition) is 2. The van der Waals surface area contributed by atoms with Crippen LogP contribution in [0.3, 0.4) is 0 Å². The number of halogens is 1. The number of likely N-dealkylation sites (N-methyl/N-ethyl adjacent to an activating group) is 2. The molecular formula is C40H57FN8O4. The lowest BCUT2D eigenvalue weighted by atomic mass is 9.78. The molecule has 0 radical (unpaired) electrons. The lowest BCUT2D eigenvalue weighted by Gasteiger charge is -2.39. The molecule has 2 saturated heterocycles. The highest BCUT2D eigenvalue weighted by Crippen LogP contribution is 2.35. The van der Waals surface area contributed by atoms with Crippen molar-refractivity contribution in [2.24, 2.45) is 17.6 Å². The third kappa shape index (κ3) is 9.90. The number of likely N-dealkylation sites (tertiary alicyclic amines) is 2. The first kappa shape index (κ1) is 38.6. The van der Waals surface area contributed by atoms with Crippen molar-refractivity contribution < 1.29 is 23.6 Å². The van der Waals surface area contributed by atoms with Crippen LogP contribution in [0.2, 0.25) is 0 Å². The van der Waals surface area contributed by atoms with E-state index in [0.29, 0.717) is 37.3 Å². The molecule has 4 saturated carbocycles. The fraction of sp³-hybridized carbons (Fsp3) is 0.650. The Hall–Kier alpha value is -4.13. The van der Waals surface area contributed by atoms with Crippen LogP contribution in [0.15, 0.2) is 36.7 Å². The van der Waals surface area contributed by atoms with E-state index in [2.05, 4.69) is 29.1 Å². The Balaban J connectivity index is 0.000000159. The smallest absolute Gasteiger partial charge is 0.255 e. The number of anilines is 1. The lowest BCUT2D eigenvalue weighted by molar-refractivity contribution is -0.133. The lowest BCUT2D eigenvalue weighted by Crippen LogP contribution is -2.42. The second-order valence-electron chi connectivity index (χ2n) is 16.7. The van der Waals surface area contributed by atoms with Gasteiger partial charge in [0, 0.05) is 75.6 Å². The number of pyridine rings is 2. The van der Waals surface area contributed by atoms with Gasteiger partial charge in [-0.25, -0.2) is 9.97 Å². The van der Waals surface area contributed by atoms with Crippen molar-refractivity contribution in [2.75, 3.05) is 45.6 Å². The van der Waals surface area contributed by atoms with Gasteiger partial charge in [-0.3, -0.25) is 19.2 Å². The zero-order chi connectivity index (χ0) is 37.9. The summed E-state index contributed by atoms with van der Waals surface area (Å²) in [6.07, 6.45) is 16.0. The fourth-order valence-electron chi connectivity index (χ4n) is 7.42. The van der Waals surface area contributed by atoms with E-state index in [-0.39, 0.29) is 58.6 Å². The van der Waals surface area contributed by atoms with Gasteiger partial charge >= 0.3 is 0 Å². The van der Waals surface area contributed by atoms with Gasteiger partial charge in [-0.2, -0.15) is 4.39 Å². The highest BCUT2D eigenvalue weighted by molar-refractivity contribution is 5.95. The number of amides is 4. The summed E-state index contributed by atoms with van der Waals surface area (Å²) in [7, 11) is 3.70. The Morgan fingerprint density at radius 1 is 0.736 bits per heavy atom. The fourth-order valence-corrected chi connectivity index (χ4v) is 7.42. The molecule has 13 heteroatoms. The summed E-state index contributed by atoms with van der Waals surface area (Å²) in [5, 5.41) is 3.46. The molecule has 2 aromatic rings. The molecule has 6 fully saturated rings. The van der Waals surface area contributed by atoms with E-state index >= 15 is 0 Å². The van der Waals surface area contributed by atoms with Crippen molar-refractivity contribution in [3.8, 4) is 0 Å². The highest BCUT2D eigenvalue weighted by atomic mass is 19.1. The predicted molar refractivity (Wildman–Crippen MR) is 200 cm³/mol. The van der Waals surface area contributed by atoms with Crippen molar-refractivity contribution in [1.82, 2.24) is 29.6 Å². The summed E-state index contributed by atoms with van der Waals surface area (Å²) in [5.41, 5.74) is 7.00. The predicted octanol–water partition coefficient (Wildman–Crippen LogP) is 4.71. The molecule has 4 amide bonds. The number of nitrogens with two attached hydrogens (primary N) is 1. The zero-order valence-electron chi connectivity index (χ0n) is 31.9. The van der Waals surface area contributed by atoms with Crippen LogP contribution >= 0.6 is 0 Å². The maximum absolute atomic E-state index is 12.8. The van der Waals surface area contributed by atoms with Gasteiger partial charge in [-0.1, -0.05) is 0 Å². The van der Waals surface area contributed by atoms with Gasteiger partial charge in [0.05, 0.1) is 23.2 Å². The van der Waals surface area contributed by atoms with Crippen LogP contribution in [0.1, 0.15) is 112 Å². The summed E-state index contributed by atoms with van der Waals surface area (Å²) in [6.45, 7) is 6.78. The van der Waals surface area contributed by atoms with Crippen LogP contribution < -0.4 is 11.1 Å². The summed E-state index contributed by atoms with van der Waals surface area (Å²) in [4.78, 5) is 64.5. The van der Waals surface area contributed by atoms with E-state index in [1.807, 2.05) is 36.0 Å². The number of hydrogen-bond acceptors (Lipinski definition) is 8. The molecule has 4 heterocycles. The third-order valence-corrected chi connectivity index (χ3v) is 11.9. The minimum atomic E-state index is -0.597. The molecule has 0 unspecified atom stereocenters. The molecule has 0 spiro atoms. The van der Waals surface area contributed by atoms with Crippen LogP contribution in [-0.4, -0.2) is 117 Å². The molecule has 4 aliphatic carbocycles. The third-order valence-electron chi connectivity index (χ3n) is 11.9. The van der Waals surface area contributed by atoms with E-state index in [0.717, 1.165) is 57.2 Å². The van der Waals surface area contributed by atoms with Crippen molar-refractivity contribution in [1.29, 1.82) is 0 Å². The SMILES string of the molecule is CC1(N)CCC1.CN(C(=O)C1CC1)[C@H]1CCN(C(=O)c2ccc(F)nc2)C1.CN(C(=O)C1CC1)[C@H]1CCN(C(=O)c2ccc(NC3(C)CCC3)nc2)C1. The van der Waals surface area contributed by atoms with E-state index in [9.17, 15) is 23.6 Å². The molecule has 2 aromatic heterocycles. The standard InChI is InChI=1S/C20H28N4O2.C15H18FN3O2.C5H11N/c1-20(9-3-10-20)22-17-7-6-15(12-21-17)19(26)24-11-8-16(13-24)23(2)18(25)14-4-5-14;1-18(14(20)10-2-3-10)12-6-7-19(9-12)15(21)11-4-5-13(16)17-8-11;1-5(6)3-2-4-5/h6-7,12,14,16H,3-5,8-11,13H2,1-2H3,(H,21,22);4-5,8,10,12H,2-3,6-7,9H2,1H3;2-4,6H2,1H3/t16-;12-;/m00./s1. The monoisotopic (exact) mass is 732 g/mol. The summed E-state index contributed by atoms with van der Waals surface area (Å²) in [5.74, 6) is 0.945. The molecule has 6 aliphatic rings. The van der Waals surface area contributed by atoms with Gasteiger partial charge in [0.1, 0.15) is 5.82 Å². The quantitative estimate of drug-likeness (QED) is 0.372. The average molecular weight is 733 g/mol. The van der Waals surface area contributed by atoms with Crippen molar-refractivity contribution in [3.63, 3.8) is 0 Å². The molecule has 12 nitrogen and oxygen atoms in total. The molecule has 288 valence electrons. The topological polar surface area (TPSA) is 145 Å². The zero-order valence-corrected chi connectivity index (χ0v) is 31.9. The molecule has 8 rings (SSSR count). The number of nitrogens with one attached hydrogen (secondary N) is 1. The van der Waals surface area contributed by atoms with E-state index < -0.39 is 5.95 Å². The van der Waals surface area contributed by atoms with Gasteiger partial charge in [0.2, 0.25) is 17.8 Å². The van der Waals surface area contributed by atoms with Gasteiger partial charge < -0.3 is 30.7 Å². The van der Waals surface area contributed by atoms with Gasteiger partial charge in [-0.05, 0) is 115 Å². The first-order chi connectivity index (χ1) is 25.2. The molecule has 0 aromatic carbocycles. The normalized spacial score (nSPS) is 23.6. The second-order valence-corrected chi connectivity index (χ2v) is 16.7. The molecule has 2 atom stereocenters. The van der Waals surface area contributed by atoms with Crippen LogP contribution in [0, 0.1) is 17.8 Å². The summed E-state index contributed by atoms with van der Waals surface area (Å²) < 4.78 is 12.8. The van der Waals surface area contributed by atoms with Crippen molar-refractivity contribution in [3.05, 3.63) is 53.7 Å². The molecule has 3 N–H and O–H groups in total. The summed E-state index contributed by atoms with van der Waals surface area (Å²) >= 11 is 0. The van der Waals surface area contributed by atoms with Crippen molar-refractivity contribution in [2.45, 2.75) is 114 Å². The number of carbonyl (C=O) groups is 4. The molecule has 2 aliphatic heterocycles. The average Bonchev–Trinajstić information content (AvgIpc) is 4.07. The largest absolute Gasteiger partial charge is 0.365 e. The van der Waals surface area contributed by atoms with Gasteiger partial charge in [0.15, 0.2) is 0 Å². The highest BCUT2D eigenvalue weighted by Gasteiger charge is 2.39. The number of rotatable bonds is 8. The molecule has 0 bridgehead atoms. The van der Waals surface area contributed by atoms with Crippen LogP contribution in [-0.2, 0) is 9.59 Å². The van der Waals surface area contributed by atoms with Crippen LogP contribution in [0.25, 0.3) is 0 Å². The maximum Gasteiger partial charge on any atom is 0.255 e. The first-order valence-corrected chi connectivity index (χ1v) is 19.5. The number of aromatic nitrogens is 2. The van der Waals surface area contributed by atoms with Gasteiger partial charge in [-0.15, -0.1) is 0 Å². The Morgan fingerprint density at radius 3 is 1.53 bits per heavy atom.